The van der Waals surface area contributed by atoms with Crippen LogP contribution in [0.4, 0.5) is 0 Å². The first-order valence-corrected chi connectivity index (χ1v) is 15.4. The number of amides is 1. The second kappa shape index (κ2) is 10.0. The zero-order valence-electron chi connectivity index (χ0n) is 25.0. The Balaban J connectivity index is 1.35. The van der Waals surface area contributed by atoms with Crippen LogP contribution in [0.5, 0.6) is 0 Å². The lowest BCUT2D eigenvalue weighted by Crippen LogP contribution is -2.50. The number of hydrogen-bond donors (Lipinski definition) is 1. The molecule has 0 aromatic rings. The summed E-state index contributed by atoms with van der Waals surface area (Å²) in [7, 11) is 0. The first-order valence-electron chi connectivity index (χ1n) is 15.4. The Morgan fingerprint density at radius 3 is 2.63 bits per heavy atom. The van der Waals surface area contributed by atoms with Crippen LogP contribution in [0.15, 0.2) is 23.0 Å². The van der Waals surface area contributed by atoms with E-state index < -0.39 is 0 Å². The molecule has 0 unspecified atom stereocenters. The fourth-order valence-corrected chi connectivity index (χ4v) is 10.1. The van der Waals surface area contributed by atoms with Crippen LogP contribution in [0.25, 0.3) is 0 Å². The second-order valence-electron chi connectivity index (χ2n) is 14.1. The van der Waals surface area contributed by atoms with Crippen LogP contribution in [0.2, 0.25) is 0 Å². The summed E-state index contributed by atoms with van der Waals surface area (Å²) in [6.45, 7) is 15.9. The zero-order valence-corrected chi connectivity index (χ0v) is 25.0. The van der Waals surface area contributed by atoms with Crippen molar-refractivity contribution in [1.82, 2.24) is 5.32 Å². The summed E-state index contributed by atoms with van der Waals surface area (Å²) >= 11 is 0. The number of allylic oxidation sites excluding steroid dienone is 2. The molecule has 1 aliphatic heterocycles. The number of carbonyl (C=O) groups is 2. The van der Waals surface area contributed by atoms with E-state index in [1.807, 2.05) is 0 Å². The number of hydrogen-bond acceptors (Lipinski definition) is 4. The Bertz CT molecular complexity index is 1030. The minimum Gasteiger partial charge on any atom is -0.491 e. The highest BCUT2D eigenvalue weighted by atomic mass is 16.5. The van der Waals surface area contributed by atoms with Gasteiger partial charge in [0.2, 0.25) is 5.91 Å². The number of nitrogens with one attached hydrogen (secondary N) is 1. The fraction of sp³-hybridized carbons (Fsp3) is 0.818. The van der Waals surface area contributed by atoms with E-state index in [9.17, 15) is 9.59 Å². The second-order valence-corrected chi connectivity index (χ2v) is 14.1. The summed E-state index contributed by atoms with van der Waals surface area (Å²) in [5, 5.41) is 2.97. The van der Waals surface area contributed by atoms with Crippen molar-refractivity contribution in [3.05, 3.63) is 23.0 Å². The number of carbonyl (C=O) groups excluding carboxylic acids is 2. The predicted octanol–water partition coefficient (Wildman–Crippen LogP) is 7.11. The molecule has 9 atom stereocenters. The van der Waals surface area contributed by atoms with Gasteiger partial charge in [0.05, 0.1) is 5.76 Å². The normalized spacial score (nSPS) is 42.2. The molecule has 0 aromatic heterocycles. The van der Waals surface area contributed by atoms with E-state index in [1.54, 1.807) is 12.5 Å². The summed E-state index contributed by atoms with van der Waals surface area (Å²) in [5.74, 6) is 4.26. The smallest absolute Gasteiger partial charge is 0.302 e. The van der Waals surface area contributed by atoms with Gasteiger partial charge >= 0.3 is 5.97 Å². The molecule has 1 amide bonds. The summed E-state index contributed by atoms with van der Waals surface area (Å²) < 4.78 is 12.7. The van der Waals surface area contributed by atoms with Gasteiger partial charge in [-0.15, -0.1) is 0 Å². The highest BCUT2D eigenvalue weighted by molar-refractivity contribution is 5.72. The Morgan fingerprint density at radius 2 is 1.95 bits per heavy atom. The van der Waals surface area contributed by atoms with E-state index in [2.05, 4.69) is 46.0 Å². The third-order valence-corrected chi connectivity index (χ3v) is 11.9. The van der Waals surface area contributed by atoms with Crippen LogP contribution in [0.1, 0.15) is 113 Å². The molecule has 1 heterocycles. The third-order valence-electron chi connectivity index (χ3n) is 11.9. The molecule has 0 saturated heterocycles. The van der Waals surface area contributed by atoms with Gasteiger partial charge in [-0.1, -0.05) is 39.3 Å². The summed E-state index contributed by atoms with van der Waals surface area (Å²) in [5.41, 5.74) is 3.57. The van der Waals surface area contributed by atoms with Gasteiger partial charge in [-0.3, -0.25) is 9.59 Å². The molecule has 5 heteroatoms. The van der Waals surface area contributed by atoms with E-state index in [-0.39, 0.29) is 29.0 Å². The molecule has 4 aliphatic carbocycles. The van der Waals surface area contributed by atoms with Crippen LogP contribution >= 0.6 is 0 Å². The zero-order chi connectivity index (χ0) is 27.5. The standard InChI is InChI=1S/C33H51NO4/c1-8-33-18-28-26-11-10-24-17-25(37-23(5)36)13-15-31(24,6)27(26)14-16-32(28,7)30(33)21(3)29(38-33)12-9-20(2)19-34-22(4)35/h10,20,25-28,30H,8-9,11-19H2,1-7H3,(H,34,35)/t20-,25+,26+,27-,28-,30+,31-,32-,33+/m0/s1. The van der Waals surface area contributed by atoms with Crippen LogP contribution in [-0.4, -0.2) is 30.1 Å². The van der Waals surface area contributed by atoms with E-state index in [0.717, 1.165) is 56.9 Å². The minimum absolute atomic E-state index is 0.0491. The topological polar surface area (TPSA) is 64.6 Å². The van der Waals surface area contributed by atoms with Crippen LogP contribution in [0, 0.1) is 40.4 Å². The highest BCUT2D eigenvalue weighted by Crippen LogP contribution is 2.72. The van der Waals surface area contributed by atoms with Gasteiger partial charge in [0.15, 0.2) is 0 Å². The fourth-order valence-electron chi connectivity index (χ4n) is 10.1. The quantitative estimate of drug-likeness (QED) is 0.284. The molecule has 5 nitrogen and oxygen atoms in total. The van der Waals surface area contributed by atoms with E-state index in [4.69, 9.17) is 9.47 Å². The number of rotatable bonds is 7. The van der Waals surface area contributed by atoms with Gasteiger partial charge in [-0.05, 0) is 98.4 Å². The van der Waals surface area contributed by atoms with Crippen molar-refractivity contribution in [3.63, 3.8) is 0 Å². The van der Waals surface area contributed by atoms with Crippen molar-refractivity contribution in [2.45, 2.75) is 124 Å². The molecule has 5 rings (SSSR count). The van der Waals surface area contributed by atoms with Gasteiger partial charge in [-0.2, -0.15) is 0 Å². The maximum atomic E-state index is 11.6. The molecule has 212 valence electrons. The van der Waals surface area contributed by atoms with Gasteiger partial charge < -0.3 is 14.8 Å². The third kappa shape index (κ3) is 4.44. The maximum Gasteiger partial charge on any atom is 0.302 e. The van der Waals surface area contributed by atoms with Crippen LogP contribution < -0.4 is 5.32 Å². The highest BCUT2D eigenvalue weighted by Gasteiger charge is 2.68. The Morgan fingerprint density at radius 1 is 1.18 bits per heavy atom. The molecule has 38 heavy (non-hydrogen) atoms. The Kier molecular flexibility index (Phi) is 7.31. The van der Waals surface area contributed by atoms with Gasteiger partial charge in [0, 0.05) is 39.2 Å². The summed E-state index contributed by atoms with van der Waals surface area (Å²) in [4.78, 5) is 22.9. The SMILES string of the molecule is CC[C@@]12C[C@H]3[C@@H]4CC=C5C[C@H](OC(C)=O)CC[C@]5(C)[C@H]4CC[C@]3(C)[C@H]1C(C)=C(CC[C@H](C)CNC(C)=O)O2. The van der Waals surface area contributed by atoms with Crippen molar-refractivity contribution in [1.29, 1.82) is 0 Å². The van der Waals surface area contributed by atoms with Crippen LogP contribution in [-0.2, 0) is 19.1 Å². The van der Waals surface area contributed by atoms with E-state index >= 15 is 0 Å². The molecule has 3 saturated carbocycles. The average Bonchev–Trinajstić information content (AvgIpc) is 3.30. The van der Waals surface area contributed by atoms with Crippen molar-refractivity contribution >= 4 is 11.9 Å². The summed E-state index contributed by atoms with van der Waals surface area (Å²) in [6.07, 6.45) is 13.7. The van der Waals surface area contributed by atoms with Crippen LogP contribution in [0.3, 0.4) is 0 Å². The van der Waals surface area contributed by atoms with Crippen molar-refractivity contribution in [2.75, 3.05) is 6.54 Å². The molecule has 0 bridgehead atoms. The lowest BCUT2D eigenvalue weighted by molar-refractivity contribution is -0.148. The minimum atomic E-state index is -0.145. The van der Waals surface area contributed by atoms with Gasteiger partial charge in [-0.25, -0.2) is 0 Å². The molecule has 0 radical (unpaired) electrons. The lowest BCUT2D eigenvalue weighted by atomic mass is 9.47. The predicted molar refractivity (Wildman–Crippen MR) is 150 cm³/mol. The number of esters is 1. The maximum absolute atomic E-state index is 11.6. The van der Waals surface area contributed by atoms with E-state index in [1.165, 1.54) is 43.9 Å². The summed E-state index contributed by atoms with van der Waals surface area (Å²) in [6, 6.07) is 0. The molecule has 0 aromatic carbocycles. The van der Waals surface area contributed by atoms with Gasteiger partial charge in [0.25, 0.3) is 0 Å². The molecular weight excluding hydrogens is 474 g/mol. The first-order chi connectivity index (χ1) is 17.9. The monoisotopic (exact) mass is 525 g/mol. The molecule has 5 aliphatic rings. The molecular formula is C33H51NO4. The molecule has 1 N–H and O–H groups in total. The van der Waals surface area contributed by atoms with Crippen molar-refractivity contribution < 1.29 is 19.1 Å². The lowest BCUT2D eigenvalue weighted by Gasteiger charge is -2.58. The molecule has 0 spiro atoms. The Labute approximate surface area is 230 Å². The van der Waals surface area contributed by atoms with Gasteiger partial charge in [0.1, 0.15) is 11.7 Å². The Hall–Kier alpha value is -1.78. The number of ether oxygens (including phenoxy) is 2. The average molecular weight is 526 g/mol. The first kappa shape index (κ1) is 27.8. The van der Waals surface area contributed by atoms with Crippen molar-refractivity contribution in [3.8, 4) is 0 Å². The number of fused-ring (bicyclic) bond motifs is 7. The largest absolute Gasteiger partial charge is 0.491 e. The molecule has 3 fully saturated rings. The van der Waals surface area contributed by atoms with Crippen molar-refractivity contribution in [2.24, 2.45) is 40.4 Å². The van der Waals surface area contributed by atoms with E-state index in [0.29, 0.717) is 23.2 Å².